The quantitative estimate of drug-likeness (QED) is 0.693. The van der Waals surface area contributed by atoms with E-state index in [-0.39, 0.29) is 18.0 Å². The van der Waals surface area contributed by atoms with Crippen molar-refractivity contribution in [1.29, 1.82) is 0 Å². The number of unbranched alkanes of at least 4 members (excludes halogenated alkanes) is 2. The Labute approximate surface area is 104 Å². The van der Waals surface area contributed by atoms with Gasteiger partial charge >= 0.3 is 0 Å². The molecule has 3 atom stereocenters. The first-order chi connectivity index (χ1) is 8.00. The van der Waals surface area contributed by atoms with Gasteiger partial charge in [0.2, 0.25) is 5.91 Å². The summed E-state index contributed by atoms with van der Waals surface area (Å²) in [5.41, 5.74) is 5.37. The molecule has 1 fully saturated rings. The van der Waals surface area contributed by atoms with Crippen molar-refractivity contribution in [2.24, 2.45) is 11.1 Å². The molecule has 4 heteroatoms. The molecule has 0 radical (unpaired) electrons. The largest absolute Gasteiger partial charge is 0.379 e. The zero-order valence-electron chi connectivity index (χ0n) is 11.3. The molecule has 0 spiro atoms. The van der Waals surface area contributed by atoms with Crippen molar-refractivity contribution in [2.75, 3.05) is 13.2 Å². The van der Waals surface area contributed by atoms with Gasteiger partial charge in [-0.3, -0.25) is 4.79 Å². The van der Waals surface area contributed by atoms with E-state index in [2.05, 4.69) is 19.2 Å². The summed E-state index contributed by atoms with van der Waals surface area (Å²) in [6.07, 6.45) is 4.63. The van der Waals surface area contributed by atoms with Crippen LogP contribution >= 0.6 is 0 Å². The van der Waals surface area contributed by atoms with Crippen molar-refractivity contribution < 1.29 is 9.53 Å². The molecule has 0 aromatic heterocycles. The topological polar surface area (TPSA) is 64.3 Å². The number of rotatable bonds is 6. The Morgan fingerprint density at radius 3 is 2.82 bits per heavy atom. The Hall–Kier alpha value is -0.610. The van der Waals surface area contributed by atoms with Crippen LogP contribution in [-0.4, -0.2) is 31.2 Å². The van der Waals surface area contributed by atoms with Gasteiger partial charge in [-0.25, -0.2) is 0 Å². The lowest BCUT2D eigenvalue weighted by molar-refractivity contribution is -0.131. The van der Waals surface area contributed by atoms with Crippen molar-refractivity contribution in [1.82, 2.24) is 5.32 Å². The van der Waals surface area contributed by atoms with Crippen LogP contribution in [0.25, 0.3) is 0 Å². The first kappa shape index (κ1) is 14.5. The van der Waals surface area contributed by atoms with Gasteiger partial charge in [-0.1, -0.05) is 26.2 Å². The number of amides is 1. The van der Waals surface area contributed by atoms with Crippen LogP contribution < -0.4 is 11.1 Å². The molecule has 0 aromatic rings. The summed E-state index contributed by atoms with van der Waals surface area (Å²) in [5.74, 6) is 0.0338. The fraction of sp³-hybridized carbons (Fsp3) is 0.923. The van der Waals surface area contributed by atoms with E-state index in [9.17, 15) is 4.79 Å². The summed E-state index contributed by atoms with van der Waals surface area (Å²) in [4.78, 5) is 12.1. The SMILES string of the molecule is CCCCCC(C)NC(=O)C1(C)COCC1N. The summed E-state index contributed by atoms with van der Waals surface area (Å²) in [6.45, 7) is 7.03. The first-order valence-corrected chi connectivity index (χ1v) is 6.65. The summed E-state index contributed by atoms with van der Waals surface area (Å²) >= 11 is 0. The summed E-state index contributed by atoms with van der Waals surface area (Å²) in [7, 11) is 0. The number of carbonyl (C=O) groups is 1. The predicted molar refractivity (Wildman–Crippen MR) is 68.6 cm³/mol. The van der Waals surface area contributed by atoms with Crippen molar-refractivity contribution in [3.05, 3.63) is 0 Å². The highest BCUT2D eigenvalue weighted by molar-refractivity contribution is 5.83. The lowest BCUT2D eigenvalue weighted by Gasteiger charge is -2.27. The van der Waals surface area contributed by atoms with Crippen LogP contribution in [0.15, 0.2) is 0 Å². The number of ether oxygens (including phenoxy) is 1. The third kappa shape index (κ3) is 3.68. The number of hydrogen-bond acceptors (Lipinski definition) is 3. The van der Waals surface area contributed by atoms with Gasteiger partial charge < -0.3 is 15.8 Å². The van der Waals surface area contributed by atoms with Gasteiger partial charge in [0.1, 0.15) is 0 Å². The van der Waals surface area contributed by atoms with Crippen LogP contribution in [0.5, 0.6) is 0 Å². The molecule has 0 aliphatic carbocycles. The van der Waals surface area contributed by atoms with Gasteiger partial charge in [0, 0.05) is 12.1 Å². The minimum Gasteiger partial charge on any atom is -0.379 e. The average Bonchev–Trinajstić information content (AvgIpc) is 2.61. The van der Waals surface area contributed by atoms with Gasteiger partial charge in [-0.2, -0.15) is 0 Å². The van der Waals surface area contributed by atoms with Gasteiger partial charge in [-0.05, 0) is 20.3 Å². The van der Waals surface area contributed by atoms with E-state index in [0.717, 1.165) is 12.8 Å². The highest BCUT2D eigenvalue weighted by Crippen LogP contribution is 2.27. The molecular formula is C13H26N2O2. The number of carbonyl (C=O) groups excluding carboxylic acids is 1. The molecule has 1 saturated heterocycles. The molecule has 1 aliphatic heterocycles. The van der Waals surface area contributed by atoms with E-state index in [4.69, 9.17) is 10.5 Å². The molecule has 4 nitrogen and oxygen atoms in total. The number of hydrogen-bond donors (Lipinski definition) is 2. The molecule has 1 amide bonds. The molecule has 1 rings (SSSR count). The Bertz CT molecular complexity index is 258. The lowest BCUT2D eigenvalue weighted by Crippen LogP contribution is -2.51. The lowest BCUT2D eigenvalue weighted by atomic mass is 9.84. The second-order valence-electron chi connectivity index (χ2n) is 5.41. The summed E-state index contributed by atoms with van der Waals surface area (Å²) in [5, 5.41) is 3.05. The zero-order chi connectivity index (χ0) is 12.9. The van der Waals surface area contributed by atoms with Gasteiger partial charge in [0.15, 0.2) is 0 Å². The van der Waals surface area contributed by atoms with E-state index in [1.54, 1.807) is 0 Å². The van der Waals surface area contributed by atoms with Crippen molar-refractivity contribution in [3.8, 4) is 0 Å². The second kappa shape index (κ2) is 6.36. The molecule has 17 heavy (non-hydrogen) atoms. The van der Waals surface area contributed by atoms with E-state index >= 15 is 0 Å². The minimum absolute atomic E-state index is 0.0338. The van der Waals surface area contributed by atoms with E-state index in [0.29, 0.717) is 13.2 Å². The van der Waals surface area contributed by atoms with Gasteiger partial charge in [-0.15, -0.1) is 0 Å². The number of nitrogens with one attached hydrogen (secondary N) is 1. The van der Waals surface area contributed by atoms with Crippen molar-refractivity contribution in [2.45, 2.75) is 58.5 Å². The maximum Gasteiger partial charge on any atom is 0.230 e. The normalized spacial score (nSPS) is 30.2. The third-order valence-electron chi connectivity index (χ3n) is 3.65. The van der Waals surface area contributed by atoms with Gasteiger partial charge in [0.25, 0.3) is 0 Å². The number of nitrogens with two attached hydrogens (primary N) is 1. The van der Waals surface area contributed by atoms with E-state index in [1.165, 1.54) is 12.8 Å². The van der Waals surface area contributed by atoms with Gasteiger partial charge in [0.05, 0.1) is 18.6 Å². The Morgan fingerprint density at radius 1 is 1.59 bits per heavy atom. The fourth-order valence-corrected chi connectivity index (χ4v) is 2.08. The maximum atomic E-state index is 12.1. The minimum atomic E-state index is -0.557. The second-order valence-corrected chi connectivity index (χ2v) is 5.41. The molecular weight excluding hydrogens is 216 g/mol. The molecule has 1 heterocycles. The maximum absolute atomic E-state index is 12.1. The van der Waals surface area contributed by atoms with Crippen LogP contribution in [0.2, 0.25) is 0 Å². The monoisotopic (exact) mass is 242 g/mol. The van der Waals surface area contributed by atoms with Crippen LogP contribution in [0.1, 0.15) is 46.5 Å². The third-order valence-corrected chi connectivity index (χ3v) is 3.65. The van der Waals surface area contributed by atoms with Crippen LogP contribution in [-0.2, 0) is 9.53 Å². The molecule has 0 aromatic carbocycles. The molecule has 0 saturated carbocycles. The smallest absolute Gasteiger partial charge is 0.230 e. The van der Waals surface area contributed by atoms with E-state index < -0.39 is 5.41 Å². The molecule has 3 unspecified atom stereocenters. The highest BCUT2D eigenvalue weighted by atomic mass is 16.5. The Balaban J connectivity index is 2.37. The molecule has 1 aliphatic rings. The standard InChI is InChI=1S/C13H26N2O2/c1-4-5-6-7-10(2)15-12(16)13(3)9-17-8-11(13)14/h10-11H,4-9,14H2,1-3H3,(H,15,16). The molecule has 100 valence electrons. The molecule has 0 bridgehead atoms. The Morgan fingerprint density at radius 2 is 2.29 bits per heavy atom. The zero-order valence-corrected chi connectivity index (χ0v) is 11.3. The van der Waals surface area contributed by atoms with Crippen LogP contribution in [0.3, 0.4) is 0 Å². The fourth-order valence-electron chi connectivity index (χ4n) is 2.08. The Kier molecular flexibility index (Phi) is 5.40. The predicted octanol–water partition coefficient (Wildman–Crippen LogP) is 1.44. The highest BCUT2D eigenvalue weighted by Gasteiger charge is 2.44. The van der Waals surface area contributed by atoms with Crippen molar-refractivity contribution in [3.63, 3.8) is 0 Å². The van der Waals surface area contributed by atoms with Crippen LogP contribution in [0, 0.1) is 5.41 Å². The van der Waals surface area contributed by atoms with E-state index in [1.807, 2.05) is 6.92 Å². The van der Waals surface area contributed by atoms with Crippen LogP contribution in [0.4, 0.5) is 0 Å². The summed E-state index contributed by atoms with van der Waals surface area (Å²) < 4.78 is 5.29. The van der Waals surface area contributed by atoms with Crippen molar-refractivity contribution >= 4 is 5.91 Å². The first-order valence-electron chi connectivity index (χ1n) is 6.65. The molecule has 3 N–H and O–H groups in total. The summed E-state index contributed by atoms with van der Waals surface area (Å²) in [6, 6.07) is 0.0315. The average molecular weight is 242 g/mol.